The molecule has 0 spiro atoms. The number of aliphatic hydroxyl groups excluding tert-OH is 1. The van der Waals surface area contributed by atoms with E-state index in [1.165, 1.54) is 0 Å². The van der Waals surface area contributed by atoms with Crippen LogP contribution in [0.5, 0.6) is 0 Å². The average molecular weight is 282 g/mol. The zero-order chi connectivity index (χ0) is 14.7. The van der Waals surface area contributed by atoms with Gasteiger partial charge in [0.1, 0.15) is 18.1 Å². The third-order valence-corrected chi connectivity index (χ3v) is 4.14. The van der Waals surface area contributed by atoms with Gasteiger partial charge in [-0.1, -0.05) is 60.7 Å². The molecule has 0 saturated carbocycles. The number of carbonyl (C=O) groups is 1. The number of aliphatic hydroxyl groups is 1. The topological polar surface area (TPSA) is 46.5 Å². The van der Waals surface area contributed by atoms with E-state index >= 15 is 0 Å². The summed E-state index contributed by atoms with van der Waals surface area (Å²) in [6, 6.07) is 19.6. The van der Waals surface area contributed by atoms with Gasteiger partial charge in [-0.15, -0.1) is 0 Å². The number of carbonyl (C=O) groups excluding carboxylic acids is 1. The molecule has 1 heterocycles. The van der Waals surface area contributed by atoms with Crippen LogP contribution in [0, 0.1) is 5.41 Å². The van der Waals surface area contributed by atoms with Crippen molar-refractivity contribution in [1.29, 1.82) is 0 Å². The number of hydrogen-bond donors (Lipinski definition) is 1. The fourth-order valence-electron chi connectivity index (χ4n) is 2.96. The molecule has 3 nitrogen and oxygen atoms in total. The van der Waals surface area contributed by atoms with Crippen LogP contribution in [0.15, 0.2) is 60.7 Å². The summed E-state index contributed by atoms with van der Waals surface area (Å²) >= 11 is 0. The van der Waals surface area contributed by atoms with Crippen molar-refractivity contribution in [2.75, 3.05) is 6.61 Å². The molecule has 0 radical (unpaired) electrons. The lowest BCUT2D eigenvalue weighted by Gasteiger charge is -2.28. The zero-order valence-electron chi connectivity index (χ0n) is 11.7. The van der Waals surface area contributed by atoms with Crippen molar-refractivity contribution in [1.82, 2.24) is 0 Å². The van der Waals surface area contributed by atoms with Gasteiger partial charge in [0, 0.05) is 0 Å². The molecular weight excluding hydrogens is 264 g/mol. The van der Waals surface area contributed by atoms with Gasteiger partial charge in [0.2, 0.25) is 0 Å². The second-order valence-electron chi connectivity index (χ2n) is 5.60. The van der Waals surface area contributed by atoms with Crippen LogP contribution in [0.4, 0.5) is 0 Å². The normalized spacial score (nSPS) is 20.2. The molecular formula is C18H18O3. The summed E-state index contributed by atoms with van der Waals surface area (Å²) in [5.74, 6) is -0.303. The number of benzene rings is 2. The van der Waals surface area contributed by atoms with E-state index < -0.39 is 11.5 Å². The van der Waals surface area contributed by atoms with Crippen molar-refractivity contribution >= 4 is 5.97 Å². The zero-order valence-corrected chi connectivity index (χ0v) is 11.7. The summed E-state index contributed by atoms with van der Waals surface area (Å²) in [7, 11) is 0. The maximum atomic E-state index is 12.3. The van der Waals surface area contributed by atoms with Crippen LogP contribution in [0.1, 0.15) is 11.1 Å². The molecule has 1 N–H and O–H groups in total. The maximum absolute atomic E-state index is 12.3. The molecule has 0 aliphatic carbocycles. The average Bonchev–Trinajstić information content (AvgIpc) is 2.78. The first-order valence-corrected chi connectivity index (χ1v) is 7.14. The Morgan fingerprint density at radius 3 is 1.81 bits per heavy atom. The Morgan fingerprint density at radius 1 is 0.952 bits per heavy atom. The third kappa shape index (κ3) is 2.69. The standard InChI is InChI=1S/C18H18O3/c19-16-13-21-17(20)18(16,11-14-7-3-1-4-8-14)12-15-9-5-2-6-10-15/h1-10,16,19H,11-13H2. The number of cyclic esters (lactones) is 1. The summed E-state index contributed by atoms with van der Waals surface area (Å²) in [6.07, 6.45) is 0.205. The van der Waals surface area contributed by atoms with Gasteiger partial charge in [-0.05, 0) is 24.0 Å². The Kier molecular flexibility index (Phi) is 3.76. The van der Waals surface area contributed by atoms with Crippen LogP contribution < -0.4 is 0 Å². The quantitative estimate of drug-likeness (QED) is 0.876. The van der Waals surface area contributed by atoms with Crippen molar-refractivity contribution < 1.29 is 14.6 Å². The largest absolute Gasteiger partial charge is 0.462 e. The Bertz CT molecular complexity index is 565. The van der Waals surface area contributed by atoms with Gasteiger partial charge >= 0.3 is 5.97 Å². The second-order valence-corrected chi connectivity index (χ2v) is 5.60. The lowest BCUT2D eigenvalue weighted by atomic mass is 9.74. The van der Waals surface area contributed by atoms with E-state index in [9.17, 15) is 9.90 Å². The van der Waals surface area contributed by atoms with Crippen molar-refractivity contribution in [3.8, 4) is 0 Å². The fourth-order valence-corrected chi connectivity index (χ4v) is 2.96. The summed E-state index contributed by atoms with van der Waals surface area (Å²) in [5.41, 5.74) is 1.18. The minimum atomic E-state index is -0.886. The Labute approximate surface area is 124 Å². The molecule has 1 fully saturated rings. The number of rotatable bonds is 4. The highest BCUT2D eigenvalue weighted by Gasteiger charge is 2.51. The van der Waals surface area contributed by atoms with Gasteiger partial charge < -0.3 is 9.84 Å². The Balaban J connectivity index is 1.94. The van der Waals surface area contributed by atoms with Crippen LogP contribution in [-0.2, 0) is 22.4 Å². The molecule has 1 aliphatic rings. The van der Waals surface area contributed by atoms with E-state index in [2.05, 4.69) is 0 Å². The highest BCUT2D eigenvalue weighted by molar-refractivity contribution is 5.80. The number of ether oxygens (including phenoxy) is 1. The molecule has 0 aromatic heterocycles. The first-order chi connectivity index (χ1) is 10.2. The van der Waals surface area contributed by atoms with Crippen LogP contribution in [0.25, 0.3) is 0 Å². The SMILES string of the molecule is O=C1OCC(O)C1(Cc1ccccc1)Cc1ccccc1. The minimum absolute atomic E-state index is 0.0818. The van der Waals surface area contributed by atoms with Gasteiger partial charge in [0.05, 0.1) is 0 Å². The monoisotopic (exact) mass is 282 g/mol. The molecule has 3 rings (SSSR count). The van der Waals surface area contributed by atoms with Gasteiger partial charge in [0.15, 0.2) is 0 Å². The van der Waals surface area contributed by atoms with Crippen LogP contribution in [0.3, 0.4) is 0 Å². The molecule has 0 amide bonds. The van der Waals surface area contributed by atoms with Crippen molar-refractivity contribution in [3.05, 3.63) is 71.8 Å². The van der Waals surface area contributed by atoms with Crippen LogP contribution in [0.2, 0.25) is 0 Å². The van der Waals surface area contributed by atoms with Gasteiger partial charge in [-0.25, -0.2) is 0 Å². The van der Waals surface area contributed by atoms with E-state index in [0.29, 0.717) is 12.8 Å². The Morgan fingerprint density at radius 2 is 1.43 bits per heavy atom. The maximum Gasteiger partial charge on any atom is 0.315 e. The molecule has 2 aromatic rings. The van der Waals surface area contributed by atoms with Crippen LogP contribution in [-0.4, -0.2) is 23.8 Å². The first kappa shape index (κ1) is 13.8. The van der Waals surface area contributed by atoms with Gasteiger partial charge in [0.25, 0.3) is 0 Å². The minimum Gasteiger partial charge on any atom is -0.462 e. The molecule has 3 heteroatoms. The van der Waals surface area contributed by atoms with Crippen molar-refractivity contribution in [3.63, 3.8) is 0 Å². The summed E-state index contributed by atoms with van der Waals surface area (Å²) in [4.78, 5) is 12.3. The van der Waals surface area contributed by atoms with E-state index in [0.717, 1.165) is 11.1 Å². The Hall–Kier alpha value is -2.13. The predicted octanol–water partition coefficient (Wildman–Crippen LogP) is 2.38. The number of esters is 1. The van der Waals surface area contributed by atoms with E-state index in [4.69, 9.17) is 4.74 Å². The second kappa shape index (κ2) is 5.70. The van der Waals surface area contributed by atoms with Gasteiger partial charge in [-0.3, -0.25) is 4.79 Å². The van der Waals surface area contributed by atoms with E-state index in [1.54, 1.807) is 0 Å². The predicted molar refractivity (Wildman–Crippen MR) is 79.7 cm³/mol. The molecule has 1 unspecified atom stereocenters. The first-order valence-electron chi connectivity index (χ1n) is 7.14. The van der Waals surface area contributed by atoms with Crippen LogP contribution >= 0.6 is 0 Å². The van der Waals surface area contributed by atoms with E-state index in [-0.39, 0.29) is 12.6 Å². The molecule has 1 atom stereocenters. The third-order valence-electron chi connectivity index (χ3n) is 4.14. The number of hydrogen-bond acceptors (Lipinski definition) is 3. The molecule has 21 heavy (non-hydrogen) atoms. The smallest absolute Gasteiger partial charge is 0.315 e. The summed E-state index contributed by atoms with van der Waals surface area (Å²) in [5, 5.41) is 10.4. The van der Waals surface area contributed by atoms with Crippen molar-refractivity contribution in [2.24, 2.45) is 5.41 Å². The summed E-state index contributed by atoms with van der Waals surface area (Å²) in [6.45, 7) is 0.0818. The fraction of sp³-hybridized carbons (Fsp3) is 0.278. The molecule has 108 valence electrons. The highest BCUT2D eigenvalue weighted by atomic mass is 16.6. The lowest BCUT2D eigenvalue weighted by Crippen LogP contribution is -2.41. The molecule has 2 aromatic carbocycles. The van der Waals surface area contributed by atoms with Crippen molar-refractivity contribution in [2.45, 2.75) is 18.9 Å². The lowest BCUT2D eigenvalue weighted by molar-refractivity contribution is -0.147. The molecule has 1 aliphatic heterocycles. The highest BCUT2D eigenvalue weighted by Crippen LogP contribution is 2.37. The van der Waals surface area contributed by atoms with Gasteiger partial charge in [-0.2, -0.15) is 0 Å². The molecule has 0 bridgehead atoms. The van der Waals surface area contributed by atoms with E-state index in [1.807, 2.05) is 60.7 Å². The molecule has 1 saturated heterocycles. The summed E-state index contributed by atoms with van der Waals surface area (Å²) < 4.78 is 5.14.